The predicted molar refractivity (Wildman–Crippen MR) is 80.0 cm³/mol. The van der Waals surface area contributed by atoms with Crippen molar-refractivity contribution in [3.8, 4) is 0 Å². The lowest BCUT2D eigenvalue weighted by Gasteiger charge is -2.24. The molecular formula is C16H23FN2O2. The van der Waals surface area contributed by atoms with Crippen LogP contribution in [0.15, 0.2) is 24.3 Å². The van der Waals surface area contributed by atoms with Crippen LogP contribution in [0, 0.1) is 5.82 Å². The lowest BCUT2D eigenvalue weighted by atomic mass is 10.1. The monoisotopic (exact) mass is 294 g/mol. The summed E-state index contributed by atoms with van der Waals surface area (Å²) in [4.78, 5) is 24.9. The number of hydrogen-bond donors (Lipinski definition) is 1. The Hall–Kier alpha value is -1.91. The molecule has 1 N–H and O–H groups in total. The Labute approximate surface area is 125 Å². The van der Waals surface area contributed by atoms with E-state index < -0.39 is 0 Å². The normalized spacial score (nSPS) is 11.1. The average Bonchev–Trinajstić information content (AvgIpc) is 2.34. The summed E-state index contributed by atoms with van der Waals surface area (Å²) in [7, 11) is 0. The molecule has 0 atom stereocenters. The lowest BCUT2D eigenvalue weighted by molar-refractivity contribution is -0.130. The molecule has 0 fully saturated rings. The topological polar surface area (TPSA) is 49.4 Å². The number of benzene rings is 1. The quantitative estimate of drug-likeness (QED) is 0.907. The summed E-state index contributed by atoms with van der Waals surface area (Å²) < 4.78 is 13.6. The van der Waals surface area contributed by atoms with Gasteiger partial charge in [0, 0.05) is 37.5 Å². The first-order valence-corrected chi connectivity index (χ1v) is 6.99. The van der Waals surface area contributed by atoms with Gasteiger partial charge in [0.15, 0.2) is 0 Å². The summed E-state index contributed by atoms with van der Waals surface area (Å²) in [5.41, 5.74) is 0.146. The van der Waals surface area contributed by atoms with Gasteiger partial charge in [0.05, 0.1) is 0 Å². The molecule has 1 aromatic carbocycles. The molecule has 0 heterocycles. The zero-order valence-electron chi connectivity index (χ0n) is 13.1. The van der Waals surface area contributed by atoms with Crippen LogP contribution in [0.25, 0.3) is 0 Å². The van der Waals surface area contributed by atoms with Crippen LogP contribution < -0.4 is 5.32 Å². The third-order valence-electron chi connectivity index (χ3n) is 2.89. The van der Waals surface area contributed by atoms with Crippen LogP contribution >= 0.6 is 0 Å². The van der Waals surface area contributed by atoms with Crippen molar-refractivity contribution in [2.24, 2.45) is 0 Å². The maximum atomic E-state index is 13.6. The molecule has 0 saturated carbocycles. The Bertz CT molecular complexity index is 509. The van der Waals surface area contributed by atoms with E-state index in [0.29, 0.717) is 5.56 Å². The molecule has 0 unspecified atom stereocenters. The first-order valence-electron chi connectivity index (χ1n) is 6.99. The minimum Gasteiger partial charge on any atom is -0.351 e. The van der Waals surface area contributed by atoms with Gasteiger partial charge in [-0.1, -0.05) is 18.2 Å². The predicted octanol–water partition coefficient (Wildman–Crippen LogP) is 2.48. The Morgan fingerprint density at radius 3 is 2.38 bits per heavy atom. The number of nitrogens with one attached hydrogen (secondary N) is 1. The molecule has 1 rings (SSSR count). The van der Waals surface area contributed by atoms with Crippen molar-refractivity contribution in [1.29, 1.82) is 0 Å². The molecule has 0 saturated heterocycles. The number of carbonyl (C=O) groups excluding carboxylic acids is 2. The number of rotatable bonds is 5. The van der Waals surface area contributed by atoms with E-state index in [2.05, 4.69) is 5.32 Å². The van der Waals surface area contributed by atoms with Crippen LogP contribution in [-0.4, -0.2) is 28.8 Å². The first kappa shape index (κ1) is 17.1. The Balaban J connectivity index is 2.61. The van der Waals surface area contributed by atoms with Gasteiger partial charge >= 0.3 is 0 Å². The van der Waals surface area contributed by atoms with E-state index in [4.69, 9.17) is 0 Å². The maximum Gasteiger partial charge on any atom is 0.222 e. The minimum atomic E-state index is -0.345. The molecule has 5 heteroatoms. The van der Waals surface area contributed by atoms with Crippen LogP contribution in [0.1, 0.15) is 39.7 Å². The first-order chi connectivity index (χ1) is 9.69. The fourth-order valence-corrected chi connectivity index (χ4v) is 1.90. The highest BCUT2D eigenvalue weighted by molar-refractivity contribution is 5.78. The van der Waals surface area contributed by atoms with Crippen molar-refractivity contribution >= 4 is 11.8 Å². The summed E-state index contributed by atoms with van der Waals surface area (Å²) in [6.45, 7) is 7.55. The molecule has 1 aromatic rings. The summed E-state index contributed by atoms with van der Waals surface area (Å²) >= 11 is 0. The molecule has 0 bridgehead atoms. The molecule has 2 amide bonds. The van der Waals surface area contributed by atoms with Gasteiger partial charge in [-0.15, -0.1) is 0 Å². The van der Waals surface area contributed by atoms with Gasteiger partial charge in [0.1, 0.15) is 5.82 Å². The molecule has 4 nitrogen and oxygen atoms in total. The second-order valence-electron chi connectivity index (χ2n) is 6.08. The van der Waals surface area contributed by atoms with Crippen LogP contribution in [0.2, 0.25) is 0 Å². The number of hydrogen-bond acceptors (Lipinski definition) is 2. The molecule has 21 heavy (non-hydrogen) atoms. The lowest BCUT2D eigenvalue weighted by Crippen LogP contribution is -2.42. The van der Waals surface area contributed by atoms with Gasteiger partial charge < -0.3 is 10.2 Å². The fourth-order valence-electron chi connectivity index (χ4n) is 1.90. The molecule has 0 aliphatic heterocycles. The smallest absolute Gasteiger partial charge is 0.222 e. The highest BCUT2D eigenvalue weighted by Gasteiger charge is 2.17. The van der Waals surface area contributed by atoms with E-state index >= 15 is 0 Å². The van der Waals surface area contributed by atoms with Crippen LogP contribution in [-0.2, 0) is 16.1 Å². The maximum absolute atomic E-state index is 13.6. The Kier molecular flexibility index (Phi) is 5.88. The second kappa shape index (κ2) is 7.20. The van der Waals surface area contributed by atoms with Gasteiger partial charge in [-0.25, -0.2) is 4.39 Å². The third kappa shape index (κ3) is 6.38. The van der Waals surface area contributed by atoms with Gasteiger partial charge in [-0.2, -0.15) is 0 Å². The largest absolute Gasteiger partial charge is 0.351 e. The molecule has 0 aliphatic rings. The van der Waals surface area contributed by atoms with Crippen molar-refractivity contribution in [3.63, 3.8) is 0 Å². The highest BCUT2D eigenvalue weighted by Crippen LogP contribution is 2.10. The molecule has 0 aromatic heterocycles. The fraction of sp³-hybridized carbons (Fsp3) is 0.500. The summed E-state index contributed by atoms with van der Waals surface area (Å²) in [6.07, 6.45) is 0.200. The van der Waals surface area contributed by atoms with Crippen molar-refractivity contribution in [3.05, 3.63) is 35.6 Å². The average molecular weight is 294 g/mol. The van der Waals surface area contributed by atoms with Crippen molar-refractivity contribution < 1.29 is 14.0 Å². The molecule has 116 valence electrons. The SMILES string of the molecule is CC(=O)N(CCC(=O)NC(C)(C)C)Cc1ccccc1F. The number of carbonyl (C=O) groups is 2. The van der Waals surface area contributed by atoms with E-state index in [1.54, 1.807) is 18.2 Å². The van der Waals surface area contributed by atoms with Gasteiger partial charge in [0.2, 0.25) is 11.8 Å². The third-order valence-corrected chi connectivity index (χ3v) is 2.89. The number of nitrogens with zero attached hydrogens (tertiary/aromatic N) is 1. The van der Waals surface area contributed by atoms with Crippen LogP contribution in [0.5, 0.6) is 0 Å². The van der Waals surface area contributed by atoms with Gasteiger partial charge in [0.25, 0.3) is 0 Å². The number of halogens is 1. The van der Waals surface area contributed by atoms with E-state index in [1.165, 1.54) is 17.9 Å². The minimum absolute atomic E-state index is 0.123. The summed E-state index contributed by atoms with van der Waals surface area (Å²) in [5, 5.41) is 2.84. The summed E-state index contributed by atoms with van der Waals surface area (Å²) in [6, 6.07) is 6.33. The number of amides is 2. The van der Waals surface area contributed by atoms with E-state index in [1.807, 2.05) is 20.8 Å². The van der Waals surface area contributed by atoms with E-state index in [0.717, 1.165) is 0 Å². The zero-order chi connectivity index (χ0) is 16.0. The van der Waals surface area contributed by atoms with Crippen molar-refractivity contribution in [1.82, 2.24) is 10.2 Å². The molecular weight excluding hydrogens is 271 g/mol. The van der Waals surface area contributed by atoms with E-state index in [-0.39, 0.29) is 42.7 Å². The zero-order valence-corrected chi connectivity index (χ0v) is 13.1. The van der Waals surface area contributed by atoms with E-state index in [9.17, 15) is 14.0 Å². The van der Waals surface area contributed by atoms with Gasteiger partial charge in [-0.3, -0.25) is 9.59 Å². The molecule has 0 radical (unpaired) electrons. The summed E-state index contributed by atoms with van der Waals surface area (Å²) in [5.74, 6) is -0.646. The Morgan fingerprint density at radius 2 is 1.86 bits per heavy atom. The van der Waals surface area contributed by atoms with Crippen LogP contribution in [0.4, 0.5) is 4.39 Å². The highest BCUT2D eigenvalue weighted by atomic mass is 19.1. The van der Waals surface area contributed by atoms with Crippen molar-refractivity contribution in [2.75, 3.05) is 6.54 Å². The standard InChI is InChI=1S/C16H23FN2O2/c1-12(20)19(10-9-15(21)18-16(2,3)4)11-13-7-5-6-8-14(13)17/h5-8H,9-11H2,1-4H3,(H,18,21). The van der Waals surface area contributed by atoms with Crippen LogP contribution in [0.3, 0.4) is 0 Å². The second-order valence-corrected chi connectivity index (χ2v) is 6.08. The molecule has 0 aliphatic carbocycles. The van der Waals surface area contributed by atoms with Gasteiger partial charge in [-0.05, 0) is 26.8 Å². The van der Waals surface area contributed by atoms with Crippen molar-refractivity contribution in [2.45, 2.75) is 46.2 Å². The molecule has 0 spiro atoms. The Morgan fingerprint density at radius 1 is 1.24 bits per heavy atom.